The number of nitrogens with one attached hydrogen (secondary N) is 1. The lowest BCUT2D eigenvalue weighted by Crippen LogP contribution is -2.07. The molecule has 0 spiro atoms. The Balaban J connectivity index is 1.53. The number of esters is 1. The highest BCUT2D eigenvalue weighted by Crippen LogP contribution is 2.20. The summed E-state index contributed by atoms with van der Waals surface area (Å²) < 4.78 is 37.7. The number of carbonyl (C=O) groups excluding carboxylic acids is 1. The lowest BCUT2D eigenvalue weighted by Gasteiger charge is -2.08. The van der Waals surface area contributed by atoms with Crippen LogP contribution in [0.3, 0.4) is 0 Å². The molecule has 3 aromatic rings. The van der Waals surface area contributed by atoms with Gasteiger partial charge in [-0.1, -0.05) is 12.1 Å². The molecular formula is C21H19F2N3O3S. The Labute approximate surface area is 176 Å². The fourth-order valence-electron chi connectivity index (χ4n) is 2.46. The molecule has 1 aromatic heterocycles. The predicted molar refractivity (Wildman–Crippen MR) is 111 cm³/mol. The van der Waals surface area contributed by atoms with Gasteiger partial charge in [0, 0.05) is 5.38 Å². The zero-order chi connectivity index (χ0) is 21.3. The van der Waals surface area contributed by atoms with Crippen LogP contribution in [0.1, 0.15) is 23.7 Å². The maximum absolute atomic E-state index is 14.2. The first-order valence-electron chi connectivity index (χ1n) is 9.09. The summed E-state index contributed by atoms with van der Waals surface area (Å²) >= 11 is 1.29. The third kappa shape index (κ3) is 6.35. The van der Waals surface area contributed by atoms with E-state index in [0.717, 1.165) is 0 Å². The minimum absolute atomic E-state index is 0.0574. The minimum atomic E-state index is -0.554. The minimum Gasteiger partial charge on any atom is -0.486 e. The number of nitrogens with zero attached hydrogens (tertiary/aromatic N) is 2. The van der Waals surface area contributed by atoms with Gasteiger partial charge in [-0.05, 0) is 48.4 Å². The first kappa shape index (κ1) is 21.4. The van der Waals surface area contributed by atoms with E-state index < -0.39 is 5.82 Å². The Kier molecular flexibility index (Phi) is 7.45. The van der Waals surface area contributed by atoms with Crippen LogP contribution in [-0.4, -0.2) is 23.8 Å². The molecule has 0 radical (unpaired) electrons. The molecule has 3 rings (SSSR count). The molecule has 0 aliphatic carbocycles. The molecule has 0 atom stereocenters. The molecule has 9 heteroatoms. The summed E-state index contributed by atoms with van der Waals surface area (Å²) in [4.78, 5) is 15.7. The summed E-state index contributed by atoms with van der Waals surface area (Å²) in [5.41, 5.74) is 4.45. The summed E-state index contributed by atoms with van der Waals surface area (Å²) in [6, 6.07) is 10.3. The van der Waals surface area contributed by atoms with Crippen molar-refractivity contribution in [3.63, 3.8) is 0 Å². The SMILES string of the molecule is CCOC(=O)Cc1csc(NN=Cc2ccc(OCc3cccc(F)c3)c(F)c2)n1. The average Bonchev–Trinajstić information content (AvgIpc) is 3.14. The van der Waals surface area contributed by atoms with Gasteiger partial charge in [0.15, 0.2) is 11.6 Å². The molecule has 2 aromatic carbocycles. The van der Waals surface area contributed by atoms with Gasteiger partial charge in [0.1, 0.15) is 12.4 Å². The summed E-state index contributed by atoms with van der Waals surface area (Å²) in [5, 5.41) is 6.26. The van der Waals surface area contributed by atoms with Crippen LogP contribution in [0.4, 0.5) is 13.9 Å². The molecule has 30 heavy (non-hydrogen) atoms. The summed E-state index contributed by atoms with van der Waals surface area (Å²) in [6.07, 6.45) is 1.53. The van der Waals surface area contributed by atoms with Crippen LogP contribution < -0.4 is 10.2 Å². The molecule has 6 nitrogen and oxygen atoms in total. The van der Waals surface area contributed by atoms with Crippen molar-refractivity contribution in [2.24, 2.45) is 5.10 Å². The number of rotatable bonds is 9. The Bertz CT molecular complexity index is 1040. The predicted octanol–water partition coefficient (Wildman–Crippen LogP) is 4.55. The van der Waals surface area contributed by atoms with Crippen LogP contribution >= 0.6 is 11.3 Å². The topological polar surface area (TPSA) is 72.8 Å². The lowest BCUT2D eigenvalue weighted by molar-refractivity contribution is -0.142. The van der Waals surface area contributed by atoms with Gasteiger partial charge >= 0.3 is 5.97 Å². The lowest BCUT2D eigenvalue weighted by atomic mass is 10.2. The second kappa shape index (κ2) is 10.4. The van der Waals surface area contributed by atoms with Crippen LogP contribution in [0.25, 0.3) is 0 Å². The second-order valence-corrected chi connectivity index (χ2v) is 6.96. The summed E-state index contributed by atoms with van der Waals surface area (Å²) in [6.45, 7) is 2.12. The van der Waals surface area contributed by atoms with Gasteiger partial charge in [0.2, 0.25) is 5.13 Å². The number of anilines is 1. The van der Waals surface area contributed by atoms with Gasteiger partial charge in [0.25, 0.3) is 0 Å². The van der Waals surface area contributed by atoms with E-state index in [2.05, 4.69) is 15.5 Å². The van der Waals surface area contributed by atoms with E-state index in [1.807, 2.05) is 0 Å². The number of halogens is 2. The van der Waals surface area contributed by atoms with E-state index in [0.29, 0.717) is 28.6 Å². The summed E-state index contributed by atoms with van der Waals surface area (Å²) in [5.74, 6) is -1.20. The molecule has 1 N–H and O–H groups in total. The maximum atomic E-state index is 14.2. The number of hydrogen-bond donors (Lipinski definition) is 1. The highest BCUT2D eigenvalue weighted by atomic mass is 32.1. The number of thiazole rings is 1. The standard InChI is InChI=1S/C21H19F2N3O3S/c1-2-28-20(27)10-17-13-30-21(25-17)26-24-11-14-6-7-19(18(23)9-14)29-12-15-4-3-5-16(22)8-15/h3-9,11,13H,2,10,12H2,1H3,(H,25,26). The second-order valence-electron chi connectivity index (χ2n) is 6.10. The van der Waals surface area contributed by atoms with E-state index in [1.54, 1.807) is 30.5 Å². The van der Waals surface area contributed by atoms with Crippen molar-refractivity contribution in [2.45, 2.75) is 20.0 Å². The van der Waals surface area contributed by atoms with Crippen LogP contribution in [0, 0.1) is 11.6 Å². The van der Waals surface area contributed by atoms with Crippen molar-refractivity contribution in [2.75, 3.05) is 12.0 Å². The molecule has 0 amide bonds. The van der Waals surface area contributed by atoms with Crippen LogP contribution in [0.5, 0.6) is 5.75 Å². The molecule has 0 unspecified atom stereocenters. The Morgan fingerprint density at radius 2 is 2.13 bits per heavy atom. The Morgan fingerprint density at radius 1 is 1.27 bits per heavy atom. The van der Waals surface area contributed by atoms with Crippen molar-refractivity contribution < 1.29 is 23.0 Å². The molecule has 0 aliphatic rings. The zero-order valence-electron chi connectivity index (χ0n) is 16.1. The van der Waals surface area contributed by atoms with Gasteiger partial charge in [0.05, 0.1) is 24.9 Å². The first-order valence-corrected chi connectivity index (χ1v) is 9.97. The first-order chi connectivity index (χ1) is 14.5. The van der Waals surface area contributed by atoms with Crippen LogP contribution in [0.15, 0.2) is 52.9 Å². The highest BCUT2D eigenvalue weighted by Gasteiger charge is 2.08. The molecule has 1 heterocycles. The van der Waals surface area contributed by atoms with Crippen LogP contribution in [-0.2, 0) is 22.6 Å². The van der Waals surface area contributed by atoms with E-state index >= 15 is 0 Å². The molecule has 0 saturated carbocycles. The molecule has 0 saturated heterocycles. The monoisotopic (exact) mass is 431 g/mol. The largest absolute Gasteiger partial charge is 0.486 e. The van der Waals surface area contributed by atoms with E-state index in [4.69, 9.17) is 9.47 Å². The number of carbonyl (C=O) groups is 1. The third-order valence-electron chi connectivity index (χ3n) is 3.80. The number of hydrogen-bond acceptors (Lipinski definition) is 7. The molecule has 0 bridgehead atoms. The Morgan fingerprint density at radius 3 is 2.90 bits per heavy atom. The van der Waals surface area contributed by atoms with Crippen LogP contribution in [0.2, 0.25) is 0 Å². The van der Waals surface area contributed by atoms with E-state index in [9.17, 15) is 13.6 Å². The number of hydrazone groups is 1. The van der Waals surface area contributed by atoms with Crippen molar-refractivity contribution in [1.82, 2.24) is 4.98 Å². The van der Waals surface area contributed by atoms with E-state index in [-0.39, 0.29) is 30.6 Å². The fraction of sp³-hybridized carbons (Fsp3) is 0.190. The quantitative estimate of drug-likeness (QED) is 0.306. The van der Waals surface area contributed by atoms with Crippen molar-refractivity contribution in [3.05, 3.63) is 76.3 Å². The number of benzene rings is 2. The maximum Gasteiger partial charge on any atom is 0.311 e. The van der Waals surface area contributed by atoms with Crippen molar-refractivity contribution in [3.8, 4) is 5.75 Å². The average molecular weight is 431 g/mol. The normalized spacial score (nSPS) is 10.9. The molecular weight excluding hydrogens is 412 g/mol. The smallest absolute Gasteiger partial charge is 0.311 e. The zero-order valence-corrected chi connectivity index (χ0v) is 16.9. The molecule has 0 aliphatic heterocycles. The Hall–Kier alpha value is -3.33. The summed E-state index contributed by atoms with van der Waals surface area (Å²) in [7, 11) is 0. The number of ether oxygens (including phenoxy) is 2. The molecule has 0 fully saturated rings. The van der Waals surface area contributed by atoms with Gasteiger partial charge in [-0.2, -0.15) is 5.10 Å². The van der Waals surface area contributed by atoms with Gasteiger partial charge in [-0.3, -0.25) is 10.2 Å². The highest BCUT2D eigenvalue weighted by molar-refractivity contribution is 7.13. The number of aromatic nitrogens is 1. The van der Waals surface area contributed by atoms with Crippen molar-refractivity contribution in [1.29, 1.82) is 0 Å². The van der Waals surface area contributed by atoms with Gasteiger partial charge < -0.3 is 9.47 Å². The van der Waals surface area contributed by atoms with Gasteiger partial charge in [-0.25, -0.2) is 13.8 Å². The van der Waals surface area contributed by atoms with Gasteiger partial charge in [-0.15, -0.1) is 11.3 Å². The van der Waals surface area contributed by atoms with E-state index in [1.165, 1.54) is 41.8 Å². The fourth-order valence-corrected chi connectivity index (χ4v) is 3.12. The molecule has 156 valence electrons. The van der Waals surface area contributed by atoms with Crippen molar-refractivity contribution >= 4 is 28.7 Å². The third-order valence-corrected chi connectivity index (χ3v) is 4.59.